The first-order valence-corrected chi connectivity index (χ1v) is 10.9. The van der Waals surface area contributed by atoms with Crippen LogP contribution in [0.25, 0.3) is 0 Å². The van der Waals surface area contributed by atoms with Crippen LogP contribution < -0.4 is 20.7 Å². The molecule has 1 fully saturated rings. The minimum absolute atomic E-state index is 0.101. The molecule has 7 heteroatoms. The van der Waals surface area contributed by atoms with Gasteiger partial charge in [0.15, 0.2) is 6.61 Å². The molecule has 150 valence electrons. The third-order valence-electron chi connectivity index (χ3n) is 4.88. The molecule has 6 nitrogen and oxygen atoms in total. The molecule has 1 aromatic carbocycles. The van der Waals surface area contributed by atoms with Crippen molar-refractivity contribution in [3.8, 4) is 5.75 Å². The summed E-state index contributed by atoms with van der Waals surface area (Å²) in [5.74, 6) is 1.04. The van der Waals surface area contributed by atoms with Gasteiger partial charge in [0.2, 0.25) is 5.91 Å². The van der Waals surface area contributed by atoms with Crippen molar-refractivity contribution in [2.24, 2.45) is 5.41 Å². The van der Waals surface area contributed by atoms with Crippen LogP contribution >= 0.6 is 11.8 Å². The molecule has 0 radical (unpaired) electrons. The third kappa shape index (κ3) is 7.81. The van der Waals surface area contributed by atoms with Crippen LogP contribution in [0.3, 0.4) is 0 Å². The Bertz CT molecular complexity index is 591. The molecule has 1 aromatic rings. The smallest absolute Gasteiger partial charge is 0.258 e. The topological polar surface area (TPSA) is 79.5 Å². The van der Waals surface area contributed by atoms with Crippen molar-refractivity contribution in [2.75, 3.05) is 38.2 Å². The molecular weight excluding hydrogens is 362 g/mol. The van der Waals surface area contributed by atoms with Crippen molar-refractivity contribution in [2.45, 2.75) is 32.2 Å². The summed E-state index contributed by atoms with van der Waals surface area (Å²) in [7, 11) is 0. The molecule has 3 N–H and O–H groups in total. The van der Waals surface area contributed by atoms with Gasteiger partial charge in [0, 0.05) is 6.54 Å². The van der Waals surface area contributed by atoms with E-state index in [0.717, 1.165) is 31.7 Å². The number of benzene rings is 1. The molecule has 0 aromatic heterocycles. The highest BCUT2D eigenvalue weighted by atomic mass is 32.2. The minimum atomic E-state index is -0.533. The van der Waals surface area contributed by atoms with Crippen LogP contribution in [0.1, 0.15) is 26.2 Å². The summed E-state index contributed by atoms with van der Waals surface area (Å²) in [6.07, 6.45) is 4.67. The Labute approximate surface area is 166 Å². The molecule has 1 unspecified atom stereocenters. The van der Waals surface area contributed by atoms with E-state index in [1.807, 2.05) is 24.5 Å². The summed E-state index contributed by atoms with van der Waals surface area (Å²) in [5.41, 5.74) is 0.116. The van der Waals surface area contributed by atoms with Crippen LogP contribution in [-0.4, -0.2) is 56.1 Å². The molecule has 27 heavy (non-hydrogen) atoms. The van der Waals surface area contributed by atoms with E-state index in [1.54, 1.807) is 23.9 Å². The monoisotopic (exact) mass is 393 g/mol. The Morgan fingerprint density at radius 3 is 2.63 bits per heavy atom. The highest BCUT2D eigenvalue weighted by Crippen LogP contribution is 2.26. The van der Waals surface area contributed by atoms with E-state index >= 15 is 0 Å². The number of amides is 2. The van der Waals surface area contributed by atoms with Crippen molar-refractivity contribution in [3.63, 3.8) is 0 Å². The average molecular weight is 394 g/mol. The highest BCUT2D eigenvalue weighted by molar-refractivity contribution is 7.98. The van der Waals surface area contributed by atoms with Crippen LogP contribution in [0, 0.1) is 5.41 Å². The number of carbonyl (C=O) groups excluding carboxylic acids is 2. The standard InChI is InChI=1S/C20H31N3O3S/c1-20(9-11-21-12-10-20)15-22-19(25)17(8-13-27-2)23-18(24)14-26-16-6-4-3-5-7-16/h3-7,17,21H,8-15H2,1-2H3,(H,22,25)(H,23,24). The van der Waals surface area contributed by atoms with E-state index in [4.69, 9.17) is 4.74 Å². The zero-order valence-electron chi connectivity index (χ0n) is 16.3. The number of nitrogens with one attached hydrogen (secondary N) is 3. The highest BCUT2D eigenvalue weighted by Gasteiger charge is 2.29. The Balaban J connectivity index is 1.82. The fraction of sp³-hybridized carbons (Fsp3) is 0.600. The van der Waals surface area contributed by atoms with Crippen LogP contribution in [0.5, 0.6) is 5.75 Å². The lowest BCUT2D eigenvalue weighted by atomic mass is 9.81. The van der Waals surface area contributed by atoms with Gasteiger partial charge < -0.3 is 20.7 Å². The molecule has 1 aliphatic rings. The zero-order chi connectivity index (χ0) is 19.5. The Morgan fingerprint density at radius 2 is 1.96 bits per heavy atom. The number of ether oxygens (including phenoxy) is 1. The van der Waals surface area contributed by atoms with E-state index in [1.165, 1.54) is 0 Å². The molecule has 1 aliphatic heterocycles. The zero-order valence-corrected chi connectivity index (χ0v) is 17.1. The summed E-state index contributed by atoms with van der Waals surface area (Å²) in [4.78, 5) is 24.9. The Morgan fingerprint density at radius 1 is 1.26 bits per heavy atom. The number of hydrogen-bond donors (Lipinski definition) is 3. The molecule has 1 atom stereocenters. The van der Waals surface area contributed by atoms with E-state index in [9.17, 15) is 9.59 Å². The summed E-state index contributed by atoms with van der Waals surface area (Å²) >= 11 is 1.66. The lowest BCUT2D eigenvalue weighted by Gasteiger charge is -2.34. The molecule has 1 heterocycles. The van der Waals surface area contributed by atoms with Gasteiger partial charge in [-0.25, -0.2) is 0 Å². The summed E-state index contributed by atoms with van der Waals surface area (Å²) in [6.45, 7) is 4.71. The number of hydrogen-bond acceptors (Lipinski definition) is 5. The van der Waals surface area contributed by atoms with Gasteiger partial charge in [0.05, 0.1) is 0 Å². The first-order valence-electron chi connectivity index (χ1n) is 9.47. The van der Waals surface area contributed by atoms with Crippen LogP contribution in [0.15, 0.2) is 30.3 Å². The normalized spacial score (nSPS) is 17.0. The maximum Gasteiger partial charge on any atom is 0.258 e. The molecule has 0 spiro atoms. The van der Waals surface area contributed by atoms with Crippen molar-refractivity contribution in [1.29, 1.82) is 0 Å². The first kappa shape index (κ1) is 21.6. The number of rotatable bonds is 10. The second-order valence-electron chi connectivity index (χ2n) is 7.28. The number of thioether (sulfide) groups is 1. The van der Waals surface area contributed by atoms with Gasteiger partial charge in [-0.15, -0.1) is 0 Å². The maximum atomic E-state index is 12.7. The number of piperidine rings is 1. The van der Waals surface area contributed by atoms with E-state index in [-0.39, 0.29) is 23.8 Å². The quantitative estimate of drug-likeness (QED) is 0.565. The molecule has 0 bridgehead atoms. The lowest BCUT2D eigenvalue weighted by Crippen LogP contribution is -2.51. The van der Waals surface area contributed by atoms with Crippen LogP contribution in [-0.2, 0) is 9.59 Å². The minimum Gasteiger partial charge on any atom is -0.484 e. The van der Waals surface area contributed by atoms with E-state index < -0.39 is 6.04 Å². The fourth-order valence-electron chi connectivity index (χ4n) is 3.04. The summed E-state index contributed by atoms with van der Waals surface area (Å²) in [5, 5.41) is 9.22. The second-order valence-corrected chi connectivity index (χ2v) is 8.27. The first-order chi connectivity index (χ1) is 13.0. The molecule has 2 amide bonds. The molecule has 2 rings (SSSR count). The lowest BCUT2D eigenvalue weighted by molar-refractivity contribution is -0.130. The largest absolute Gasteiger partial charge is 0.484 e. The van der Waals surface area contributed by atoms with Gasteiger partial charge >= 0.3 is 0 Å². The molecule has 0 aliphatic carbocycles. The van der Waals surface area contributed by atoms with Gasteiger partial charge in [-0.05, 0) is 61.9 Å². The maximum absolute atomic E-state index is 12.7. The average Bonchev–Trinajstić information content (AvgIpc) is 2.69. The van der Waals surface area contributed by atoms with Crippen molar-refractivity contribution >= 4 is 23.6 Å². The van der Waals surface area contributed by atoms with Gasteiger partial charge in [-0.3, -0.25) is 9.59 Å². The van der Waals surface area contributed by atoms with Gasteiger partial charge in [0.1, 0.15) is 11.8 Å². The molecule has 0 saturated carbocycles. The molecular formula is C20H31N3O3S. The Hall–Kier alpha value is -1.73. The predicted molar refractivity (Wildman–Crippen MR) is 110 cm³/mol. The molecule has 1 saturated heterocycles. The van der Waals surface area contributed by atoms with E-state index in [2.05, 4.69) is 22.9 Å². The number of carbonyl (C=O) groups is 2. The summed E-state index contributed by atoms with van der Waals surface area (Å²) in [6, 6.07) is 8.65. The predicted octanol–water partition coefficient (Wildman–Crippen LogP) is 1.81. The Kier molecular flexibility index (Phi) is 8.94. The SMILES string of the molecule is CSCCC(NC(=O)COc1ccccc1)C(=O)NCC1(C)CCNCC1. The van der Waals surface area contributed by atoms with Crippen LogP contribution in [0.4, 0.5) is 0 Å². The van der Waals surface area contributed by atoms with Crippen LogP contribution in [0.2, 0.25) is 0 Å². The third-order valence-corrected chi connectivity index (χ3v) is 5.52. The van der Waals surface area contributed by atoms with Crippen molar-refractivity contribution < 1.29 is 14.3 Å². The fourth-order valence-corrected chi connectivity index (χ4v) is 3.51. The number of para-hydroxylation sites is 1. The van der Waals surface area contributed by atoms with Crippen molar-refractivity contribution in [1.82, 2.24) is 16.0 Å². The van der Waals surface area contributed by atoms with Gasteiger partial charge in [-0.1, -0.05) is 25.1 Å². The summed E-state index contributed by atoms with van der Waals surface area (Å²) < 4.78 is 5.47. The van der Waals surface area contributed by atoms with Gasteiger partial charge in [0.25, 0.3) is 5.91 Å². The van der Waals surface area contributed by atoms with Crippen molar-refractivity contribution in [3.05, 3.63) is 30.3 Å². The second kappa shape index (κ2) is 11.2. The van der Waals surface area contributed by atoms with Gasteiger partial charge in [-0.2, -0.15) is 11.8 Å². The van der Waals surface area contributed by atoms with E-state index in [0.29, 0.717) is 18.7 Å².